The Morgan fingerprint density at radius 3 is 2.88 bits per heavy atom. The molecule has 1 saturated heterocycles. The van der Waals surface area contributed by atoms with E-state index < -0.39 is 0 Å². The van der Waals surface area contributed by atoms with E-state index in [1.807, 2.05) is 17.8 Å². The molecule has 0 saturated carbocycles. The molecular formula is C14H18OS. The van der Waals surface area contributed by atoms with Gasteiger partial charge in [-0.05, 0) is 18.4 Å². The molecule has 1 heterocycles. The molecule has 1 fully saturated rings. The molecule has 2 rings (SSSR count). The summed E-state index contributed by atoms with van der Waals surface area (Å²) in [5, 5.41) is 0. The van der Waals surface area contributed by atoms with E-state index in [2.05, 4.69) is 36.9 Å². The maximum Gasteiger partial charge on any atom is 0.0830 e. The van der Waals surface area contributed by atoms with Crippen LogP contribution < -0.4 is 0 Å². The maximum absolute atomic E-state index is 6.04. The molecule has 86 valence electrons. The Morgan fingerprint density at radius 2 is 2.12 bits per heavy atom. The van der Waals surface area contributed by atoms with Crippen molar-refractivity contribution in [3.63, 3.8) is 0 Å². The van der Waals surface area contributed by atoms with E-state index in [0.29, 0.717) is 12.2 Å². The Labute approximate surface area is 102 Å². The highest BCUT2D eigenvalue weighted by Crippen LogP contribution is 2.33. The Kier molecular flexibility index (Phi) is 4.49. The van der Waals surface area contributed by atoms with Gasteiger partial charge in [0.25, 0.3) is 0 Å². The minimum atomic E-state index is 0.315. The SMILES string of the molecule is C=CCSC[C@H]1CC[C@H](c2ccccc2)O1. The quantitative estimate of drug-likeness (QED) is 0.565. The van der Waals surface area contributed by atoms with E-state index in [0.717, 1.165) is 17.9 Å². The highest BCUT2D eigenvalue weighted by Gasteiger charge is 2.25. The van der Waals surface area contributed by atoms with Crippen molar-refractivity contribution in [1.29, 1.82) is 0 Å². The van der Waals surface area contributed by atoms with E-state index in [1.54, 1.807) is 0 Å². The predicted octanol–water partition coefficient (Wildman–Crippen LogP) is 3.83. The number of benzene rings is 1. The molecule has 16 heavy (non-hydrogen) atoms. The van der Waals surface area contributed by atoms with Gasteiger partial charge in [-0.1, -0.05) is 36.4 Å². The summed E-state index contributed by atoms with van der Waals surface area (Å²) in [6.07, 6.45) is 5.03. The molecular weight excluding hydrogens is 216 g/mol. The van der Waals surface area contributed by atoms with Crippen LogP contribution in [0.3, 0.4) is 0 Å². The Hall–Kier alpha value is -0.730. The molecule has 1 nitrogen and oxygen atoms in total. The van der Waals surface area contributed by atoms with Crippen LogP contribution in [0.2, 0.25) is 0 Å². The van der Waals surface area contributed by atoms with Crippen molar-refractivity contribution in [1.82, 2.24) is 0 Å². The molecule has 2 atom stereocenters. The maximum atomic E-state index is 6.04. The molecule has 2 heteroatoms. The first-order valence-corrected chi connectivity index (χ1v) is 6.94. The largest absolute Gasteiger partial charge is 0.369 e. The molecule has 1 aromatic rings. The lowest BCUT2D eigenvalue weighted by atomic mass is 10.1. The van der Waals surface area contributed by atoms with E-state index in [-0.39, 0.29) is 0 Å². The van der Waals surface area contributed by atoms with Gasteiger partial charge in [0.2, 0.25) is 0 Å². The van der Waals surface area contributed by atoms with Crippen molar-refractivity contribution in [3.8, 4) is 0 Å². The molecule has 0 unspecified atom stereocenters. The molecule has 0 aliphatic carbocycles. The minimum Gasteiger partial charge on any atom is -0.369 e. The zero-order chi connectivity index (χ0) is 11.2. The fraction of sp³-hybridized carbons (Fsp3) is 0.429. The van der Waals surface area contributed by atoms with Gasteiger partial charge in [0, 0.05) is 11.5 Å². The molecule has 0 bridgehead atoms. The predicted molar refractivity (Wildman–Crippen MR) is 70.8 cm³/mol. The number of hydrogen-bond donors (Lipinski definition) is 0. The molecule has 0 amide bonds. The van der Waals surface area contributed by atoms with Gasteiger partial charge >= 0.3 is 0 Å². The second-order valence-electron chi connectivity index (χ2n) is 4.06. The molecule has 0 spiro atoms. The van der Waals surface area contributed by atoms with Gasteiger partial charge in [-0.25, -0.2) is 0 Å². The van der Waals surface area contributed by atoms with Crippen LogP contribution >= 0.6 is 11.8 Å². The highest BCUT2D eigenvalue weighted by atomic mass is 32.2. The first-order chi connectivity index (χ1) is 7.90. The normalized spacial score (nSPS) is 24.5. The van der Waals surface area contributed by atoms with Crippen molar-refractivity contribution in [2.75, 3.05) is 11.5 Å². The van der Waals surface area contributed by atoms with Gasteiger partial charge in [-0.15, -0.1) is 6.58 Å². The minimum absolute atomic E-state index is 0.315. The molecule has 1 aliphatic rings. The van der Waals surface area contributed by atoms with E-state index in [1.165, 1.54) is 12.0 Å². The van der Waals surface area contributed by atoms with Crippen LogP contribution in [0.5, 0.6) is 0 Å². The van der Waals surface area contributed by atoms with E-state index in [9.17, 15) is 0 Å². The van der Waals surface area contributed by atoms with Crippen molar-refractivity contribution < 1.29 is 4.74 Å². The average molecular weight is 234 g/mol. The summed E-state index contributed by atoms with van der Waals surface area (Å²) in [4.78, 5) is 0. The summed E-state index contributed by atoms with van der Waals surface area (Å²) in [5.41, 5.74) is 1.32. The third-order valence-corrected chi connectivity index (χ3v) is 3.90. The first kappa shape index (κ1) is 11.7. The van der Waals surface area contributed by atoms with Crippen LogP contribution in [-0.4, -0.2) is 17.6 Å². The van der Waals surface area contributed by atoms with E-state index >= 15 is 0 Å². The Balaban J connectivity index is 1.81. The van der Waals surface area contributed by atoms with Crippen LogP contribution in [0, 0.1) is 0 Å². The number of rotatable bonds is 5. The topological polar surface area (TPSA) is 9.23 Å². The summed E-state index contributed by atoms with van der Waals surface area (Å²) in [6, 6.07) is 10.5. The third kappa shape index (κ3) is 3.13. The molecule has 0 aromatic heterocycles. The van der Waals surface area contributed by atoms with Crippen molar-refractivity contribution in [2.24, 2.45) is 0 Å². The standard InChI is InChI=1S/C14H18OS/c1-2-10-16-11-13-8-9-14(15-13)12-6-4-3-5-7-12/h2-7,13-14H,1,8-11H2/t13-,14-/m1/s1. The summed E-state index contributed by atoms with van der Waals surface area (Å²) in [5.74, 6) is 2.12. The van der Waals surface area contributed by atoms with Crippen molar-refractivity contribution in [2.45, 2.75) is 25.0 Å². The summed E-state index contributed by atoms with van der Waals surface area (Å²) in [6.45, 7) is 3.73. The zero-order valence-corrected chi connectivity index (χ0v) is 10.3. The Morgan fingerprint density at radius 1 is 1.31 bits per heavy atom. The van der Waals surface area contributed by atoms with Gasteiger partial charge in [0.1, 0.15) is 0 Å². The average Bonchev–Trinajstić information content (AvgIpc) is 2.79. The number of thioether (sulfide) groups is 1. The zero-order valence-electron chi connectivity index (χ0n) is 9.47. The van der Waals surface area contributed by atoms with E-state index in [4.69, 9.17) is 4.74 Å². The molecule has 1 aromatic carbocycles. The van der Waals surface area contributed by atoms with Gasteiger partial charge in [0.05, 0.1) is 12.2 Å². The molecule has 0 radical (unpaired) electrons. The van der Waals surface area contributed by atoms with Gasteiger partial charge < -0.3 is 4.74 Å². The van der Waals surface area contributed by atoms with Gasteiger partial charge in [-0.3, -0.25) is 0 Å². The number of ether oxygens (including phenoxy) is 1. The van der Waals surface area contributed by atoms with Gasteiger partial charge in [0.15, 0.2) is 0 Å². The molecule has 0 N–H and O–H groups in total. The lowest BCUT2D eigenvalue weighted by Gasteiger charge is -2.13. The van der Waals surface area contributed by atoms with Gasteiger partial charge in [-0.2, -0.15) is 11.8 Å². The van der Waals surface area contributed by atoms with Crippen LogP contribution in [0.4, 0.5) is 0 Å². The highest BCUT2D eigenvalue weighted by molar-refractivity contribution is 7.99. The van der Waals surface area contributed by atoms with Crippen LogP contribution in [0.15, 0.2) is 43.0 Å². The number of hydrogen-bond acceptors (Lipinski definition) is 2. The van der Waals surface area contributed by atoms with Crippen molar-refractivity contribution in [3.05, 3.63) is 48.6 Å². The second kappa shape index (κ2) is 6.12. The smallest absolute Gasteiger partial charge is 0.0830 e. The van der Waals surface area contributed by atoms with Crippen LogP contribution in [0.1, 0.15) is 24.5 Å². The lowest BCUT2D eigenvalue weighted by Crippen LogP contribution is -2.09. The van der Waals surface area contributed by atoms with Crippen LogP contribution in [-0.2, 0) is 4.74 Å². The summed E-state index contributed by atoms with van der Waals surface area (Å²) >= 11 is 1.90. The van der Waals surface area contributed by atoms with Crippen LogP contribution in [0.25, 0.3) is 0 Å². The lowest BCUT2D eigenvalue weighted by molar-refractivity contribution is 0.0582. The summed E-state index contributed by atoms with van der Waals surface area (Å²) < 4.78 is 6.04. The Bertz CT molecular complexity index is 323. The molecule has 1 aliphatic heterocycles. The van der Waals surface area contributed by atoms with Crippen molar-refractivity contribution >= 4 is 11.8 Å². The fourth-order valence-corrected chi connectivity index (χ4v) is 2.83. The summed E-state index contributed by atoms with van der Waals surface area (Å²) in [7, 11) is 0. The fourth-order valence-electron chi connectivity index (χ4n) is 2.02. The third-order valence-electron chi connectivity index (χ3n) is 2.82. The second-order valence-corrected chi connectivity index (χ2v) is 5.14. The first-order valence-electron chi connectivity index (χ1n) is 5.79. The monoisotopic (exact) mass is 234 g/mol.